The number of aromatic nitrogens is 3. The van der Waals surface area contributed by atoms with Crippen LogP contribution in [0.15, 0.2) is 89.2 Å². The Morgan fingerprint density at radius 1 is 0.852 bits per heavy atom. The first-order chi connectivity index (χ1) is 12.8. The van der Waals surface area contributed by atoms with E-state index >= 15 is 0 Å². The second-order valence-electron chi connectivity index (χ2n) is 5.51. The van der Waals surface area contributed by atoms with Crippen LogP contribution in [-0.4, -0.2) is 20.1 Å². The van der Waals surface area contributed by atoms with Crippen LogP contribution < -0.4 is 0 Å². The van der Waals surface area contributed by atoms with Gasteiger partial charge in [-0.1, -0.05) is 34.9 Å². The third-order valence-electron chi connectivity index (χ3n) is 3.71. The van der Waals surface area contributed by atoms with Crippen LogP contribution >= 0.6 is 11.8 Å². The van der Waals surface area contributed by atoms with Crippen molar-refractivity contribution >= 4 is 11.8 Å². The maximum absolute atomic E-state index is 10.0. The Balaban J connectivity index is 0.00000210. The van der Waals surface area contributed by atoms with Crippen LogP contribution in [0.25, 0.3) is 22.5 Å². The fourth-order valence-corrected chi connectivity index (χ4v) is 3.29. The Labute approximate surface area is 176 Å². The van der Waals surface area contributed by atoms with E-state index in [0.717, 1.165) is 15.5 Å². The van der Waals surface area contributed by atoms with Gasteiger partial charge in [0.15, 0.2) is 0 Å². The van der Waals surface area contributed by atoms with Crippen LogP contribution in [0.1, 0.15) is 0 Å². The van der Waals surface area contributed by atoms with Gasteiger partial charge in [0.25, 0.3) is 0 Å². The number of rotatable bonds is 4. The maximum atomic E-state index is 10.0. The molecule has 1 N–H and O–H groups in total. The average molecular weight is 552 g/mol. The van der Waals surface area contributed by atoms with Crippen molar-refractivity contribution in [1.82, 2.24) is 15.0 Å². The van der Waals surface area contributed by atoms with Crippen molar-refractivity contribution in [2.45, 2.75) is 9.92 Å². The molecule has 4 aromatic rings. The summed E-state index contributed by atoms with van der Waals surface area (Å²) >= 11 is 1.54. The van der Waals surface area contributed by atoms with Crippen molar-refractivity contribution in [2.75, 3.05) is 0 Å². The molecule has 2 aromatic heterocycles. The number of hydrogen-bond donors (Lipinski definition) is 1. The second-order valence-corrected chi connectivity index (χ2v) is 6.57. The number of phenols is 1. The van der Waals surface area contributed by atoms with Gasteiger partial charge in [-0.3, -0.25) is 9.97 Å². The molecule has 27 heavy (non-hydrogen) atoms. The molecule has 0 aliphatic heterocycles. The molecular weight excluding hydrogens is 537 g/mol. The molecule has 6 heteroatoms. The fourth-order valence-electron chi connectivity index (χ4n) is 2.49. The van der Waals surface area contributed by atoms with Gasteiger partial charge >= 0.3 is 0 Å². The third kappa shape index (κ3) is 4.62. The molecule has 0 radical (unpaired) electrons. The number of hydrogen-bond acceptors (Lipinski definition) is 5. The number of phenolic OH excluding ortho intramolecular Hbond substituents is 1. The number of para-hydroxylation sites is 1. The van der Waals surface area contributed by atoms with Crippen molar-refractivity contribution in [1.29, 1.82) is 0 Å². The van der Waals surface area contributed by atoms with Gasteiger partial charge < -0.3 is 5.11 Å². The minimum Gasteiger partial charge on any atom is -0.507 e. The van der Waals surface area contributed by atoms with E-state index in [1.54, 1.807) is 42.5 Å². The first-order valence-electron chi connectivity index (χ1n) is 8.01. The molecule has 0 unspecified atom stereocenters. The van der Waals surface area contributed by atoms with Gasteiger partial charge in [0.1, 0.15) is 5.75 Å². The van der Waals surface area contributed by atoms with Gasteiger partial charge in [-0.05, 0) is 24.3 Å². The molecule has 0 saturated heterocycles. The van der Waals surface area contributed by atoms with Crippen LogP contribution in [-0.2, 0) is 21.1 Å². The summed E-state index contributed by atoms with van der Waals surface area (Å²) in [5.74, 6) is 0.183. The van der Waals surface area contributed by atoms with Crippen molar-refractivity contribution in [3.05, 3.63) is 85.3 Å². The van der Waals surface area contributed by atoms with E-state index < -0.39 is 0 Å². The van der Waals surface area contributed by atoms with E-state index in [0.29, 0.717) is 17.0 Å². The predicted octanol–water partition coefficient (Wildman–Crippen LogP) is 4.86. The van der Waals surface area contributed by atoms with Gasteiger partial charge in [0, 0.05) is 44.7 Å². The fraction of sp³-hybridized carbons (Fsp3) is 0. The minimum atomic E-state index is 0. The summed E-state index contributed by atoms with van der Waals surface area (Å²) in [4.78, 5) is 14.2. The van der Waals surface area contributed by atoms with Gasteiger partial charge in [0.05, 0.1) is 16.9 Å². The SMILES string of the molecule is Oc1ccccc1-c1cncc(-c2[c-]c(Sc3ccccn3)ccc2)n1.[Pt]. The second kappa shape index (κ2) is 8.94. The molecule has 2 aromatic carbocycles. The first-order valence-corrected chi connectivity index (χ1v) is 8.83. The molecule has 0 fully saturated rings. The van der Waals surface area contributed by atoms with Gasteiger partial charge in [-0.15, -0.1) is 29.8 Å². The van der Waals surface area contributed by atoms with Crippen LogP contribution in [0.3, 0.4) is 0 Å². The molecule has 0 saturated carbocycles. The Morgan fingerprint density at radius 2 is 1.67 bits per heavy atom. The van der Waals surface area contributed by atoms with E-state index in [1.165, 1.54) is 0 Å². The molecule has 0 bridgehead atoms. The molecule has 0 aliphatic carbocycles. The van der Waals surface area contributed by atoms with E-state index in [1.807, 2.05) is 48.5 Å². The Kier molecular flexibility index (Phi) is 6.38. The van der Waals surface area contributed by atoms with Crippen LogP contribution in [0.4, 0.5) is 0 Å². The molecule has 0 amide bonds. The van der Waals surface area contributed by atoms with Crippen LogP contribution in [0.2, 0.25) is 0 Å². The zero-order chi connectivity index (χ0) is 17.8. The van der Waals surface area contributed by atoms with Crippen molar-refractivity contribution < 1.29 is 26.2 Å². The Bertz CT molecular complexity index is 1040. The molecule has 0 spiro atoms. The minimum absolute atomic E-state index is 0. The summed E-state index contributed by atoms with van der Waals surface area (Å²) in [6.07, 6.45) is 5.11. The maximum Gasteiger partial charge on any atom is 0.124 e. The average Bonchev–Trinajstić information content (AvgIpc) is 2.69. The topological polar surface area (TPSA) is 58.9 Å². The standard InChI is InChI=1S/C21H14N3OS.Pt/c25-20-9-2-1-8-17(20)19-14-22-13-18(24-19)15-6-5-7-16(12-15)26-21-10-3-4-11-23-21;/h1-11,13-14,25H;/q-1;. The van der Waals surface area contributed by atoms with Crippen molar-refractivity contribution in [3.8, 4) is 28.3 Å². The van der Waals surface area contributed by atoms with E-state index in [-0.39, 0.29) is 26.8 Å². The summed E-state index contributed by atoms with van der Waals surface area (Å²) in [5, 5.41) is 11.0. The quantitative estimate of drug-likeness (QED) is 0.368. The van der Waals surface area contributed by atoms with Crippen LogP contribution in [0.5, 0.6) is 5.75 Å². The molecule has 0 aliphatic rings. The molecular formula is C21H14N3OPtS-. The smallest absolute Gasteiger partial charge is 0.124 e. The van der Waals surface area contributed by atoms with E-state index in [9.17, 15) is 5.11 Å². The molecule has 2 heterocycles. The zero-order valence-corrected chi connectivity index (χ0v) is 17.1. The summed E-state index contributed by atoms with van der Waals surface area (Å²) in [6, 6.07) is 22.2. The van der Waals surface area contributed by atoms with Gasteiger partial charge in [-0.25, -0.2) is 4.98 Å². The molecule has 4 rings (SSSR count). The summed E-state index contributed by atoms with van der Waals surface area (Å²) in [5.41, 5.74) is 2.82. The zero-order valence-electron chi connectivity index (χ0n) is 14.0. The third-order valence-corrected chi connectivity index (χ3v) is 4.62. The number of pyridine rings is 1. The number of benzene rings is 2. The number of nitrogens with zero attached hydrogens (tertiary/aromatic N) is 3. The largest absolute Gasteiger partial charge is 0.507 e. The van der Waals surface area contributed by atoms with E-state index in [4.69, 9.17) is 0 Å². The molecule has 136 valence electrons. The summed E-state index contributed by atoms with van der Waals surface area (Å²) < 4.78 is 0. The predicted molar refractivity (Wildman–Crippen MR) is 102 cm³/mol. The Hall–Kier alpha value is -2.49. The monoisotopic (exact) mass is 551 g/mol. The van der Waals surface area contributed by atoms with E-state index in [2.05, 4.69) is 21.0 Å². The Morgan fingerprint density at radius 3 is 2.48 bits per heavy atom. The first kappa shape index (κ1) is 19.3. The number of aromatic hydroxyl groups is 1. The van der Waals surface area contributed by atoms with Crippen LogP contribution in [0, 0.1) is 6.07 Å². The van der Waals surface area contributed by atoms with Gasteiger partial charge in [0.2, 0.25) is 0 Å². The van der Waals surface area contributed by atoms with Gasteiger partial charge in [-0.2, -0.15) is 0 Å². The van der Waals surface area contributed by atoms with Crippen molar-refractivity contribution in [3.63, 3.8) is 0 Å². The molecule has 4 nitrogen and oxygen atoms in total. The normalized spacial score (nSPS) is 10.2. The summed E-state index contributed by atoms with van der Waals surface area (Å²) in [7, 11) is 0. The van der Waals surface area contributed by atoms with Crippen molar-refractivity contribution in [2.24, 2.45) is 0 Å². The molecule has 0 atom stereocenters. The summed E-state index contributed by atoms with van der Waals surface area (Å²) in [6.45, 7) is 0.